The molecule has 0 saturated carbocycles. The van der Waals surface area contributed by atoms with Crippen LogP contribution in [0.5, 0.6) is 17.2 Å². The fraction of sp³-hybridized carbons (Fsp3) is 0.231. The van der Waals surface area contributed by atoms with E-state index in [1.807, 2.05) is 43.3 Å². The predicted molar refractivity (Wildman–Crippen MR) is 130 cm³/mol. The van der Waals surface area contributed by atoms with E-state index in [1.165, 1.54) is 0 Å². The molecule has 2 N–H and O–H groups in total. The van der Waals surface area contributed by atoms with Gasteiger partial charge in [0.05, 0.1) is 13.0 Å². The monoisotopic (exact) mass is 511 g/mol. The summed E-state index contributed by atoms with van der Waals surface area (Å²) in [4.78, 5) is 24.0. The molecular weight excluding hydrogens is 486 g/mol. The number of ether oxygens (including phenoxy) is 2. The van der Waals surface area contributed by atoms with Gasteiger partial charge in [-0.25, -0.2) is 0 Å². The average Bonchev–Trinajstić information content (AvgIpc) is 2.82. The Morgan fingerprint density at radius 1 is 1.00 bits per heavy atom. The largest absolute Gasteiger partial charge is 0.496 e. The van der Waals surface area contributed by atoms with Gasteiger partial charge in [-0.3, -0.25) is 9.59 Å². The van der Waals surface area contributed by atoms with E-state index in [0.717, 1.165) is 15.6 Å². The zero-order chi connectivity index (χ0) is 23.8. The number of methoxy groups -OCH3 is 1. The number of rotatable bonds is 10. The maximum atomic E-state index is 12.6. The summed E-state index contributed by atoms with van der Waals surface area (Å²) in [5.74, 6) is 0.493. The van der Waals surface area contributed by atoms with Crippen LogP contribution < -0.4 is 14.8 Å². The smallest absolute Gasteiger partial charge is 0.306 e. The topological polar surface area (TPSA) is 84.9 Å². The number of amides is 1. The summed E-state index contributed by atoms with van der Waals surface area (Å²) in [5.41, 5.74) is 2.19. The fourth-order valence-electron chi connectivity index (χ4n) is 3.38. The quantitative estimate of drug-likeness (QED) is 0.357. The van der Waals surface area contributed by atoms with E-state index >= 15 is 0 Å². The highest BCUT2D eigenvalue weighted by Gasteiger charge is 2.17. The first kappa shape index (κ1) is 24.3. The first-order valence-electron chi connectivity index (χ1n) is 10.6. The van der Waals surface area contributed by atoms with E-state index in [2.05, 4.69) is 21.2 Å². The summed E-state index contributed by atoms with van der Waals surface area (Å²) in [6, 6.07) is 19.9. The van der Waals surface area contributed by atoms with E-state index in [1.54, 1.807) is 37.4 Å². The molecule has 0 aromatic heterocycles. The number of nitrogens with one attached hydrogen (secondary N) is 1. The normalized spacial score (nSPS) is 11.5. The minimum atomic E-state index is -0.810. The Balaban J connectivity index is 1.64. The molecule has 0 saturated heterocycles. The maximum Gasteiger partial charge on any atom is 0.306 e. The van der Waals surface area contributed by atoms with Crippen molar-refractivity contribution in [3.8, 4) is 17.2 Å². The van der Waals surface area contributed by atoms with Crippen molar-refractivity contribution in [3.05, 3.63) is 87.9 Å². The van der Waals surface area contributed by atoms with Crippen LogP contribution in [0.15, 0.2) is 71.2 Å². The average molecular weight is 512 g/mol. The number of halogens is 1. The highest BCUT2D eigenvalue weighted by atomic mass is 79.9. The van der Waals surface area contributed by atoms with Crippen molar-refractivity contribution in [1.29, 1.82) is 0 Å². The SMILES string of the molecule is CC[C@@H](Cc1ccc(OC)c(CNC(=O)c2ccc(Oc3ccc(Br)cc3)cc2)c1)C(=O)O. The van der Waals surface area contributed by atoms with Crippen molar-refractivity contribution >= 4 is 27.8 Å². The lowest BCUT2D eigenvalue weighted by Crippen LogP contribution is -2.23. The molecule has 0 heterocycles. The number of carbonyl (C=O) groups is 2. The molecule has 172 valence electrons. The second kappa shape index (κ2) is 11.5. The molecule has 6 nitrogen and oxygen atoms in total. The second-order valence-corrected chi connectivity index (χ2v) is 8.47. The molecule has 0 aliphatic heterocycles. The van der Waals surface area contributed by atoms with Crippen molar-refractivity contribution in [1.82, 2.24) is 5.32 Å². The molecular formula is C26H26BrNO5. The van der Waals surface area contributed by atoms with Gasteiger partial charge in [0.2, 0.25) is 0 Å². The van der Waals surface area contributed by atoms with E-state index in [-0.39, 0.29) is 12.5 Å². The number of carboxylic acid groups (broad SMARTS) is 1. The third-order valence-corrected chi connectivity index (χ3v) is 5.80. The second-order valence-electron chi connectivity index (χ2n) is 7.56. The zero-order valence-electron chi connectivity index (χ0n) is 18.5. The van der Waals surface area contributed by atoms with Crippen LogP contribution in [0.4, 0.5) is 0 Å². The van der Waals surface area contributed by atoms with Gasteiger partial charge in [-0.2, -0.15) is 0 Å². The highest BCUT2D eigenvalue weighted by Crippen LogP contribution is 2.25. The molecule has 7 heteroatoms. The summed E-state index contributed by atoms with van der Waals surface area (Å²) in [6.45, 7) is 2.12. The summed E-state index contributed by atoms with van der Waals surface area (Å²) in [6.07, 6.45) is 0.978. The van der Waals surface area contributed by atoms with Gasteiger partial charge in [0, 0.05) is 22.1 Å². The Bertz CT molecular complexity index is 1100. The summed E-state index contributed by atoms with van der Waals surface area (Å²) in [5, 5.41) is 12.2. The molecule has 33 heavy (non-hydrogen) atoms. The fourth-order valence-corrected chi connectivity index (χ4v) is 3.64. The van der Waals surface area contributed by atoms with Gasteiger partial charge in [0.15, 0.2) is 0 Å². The molecule has 3 aromatic rings. The van der Waals surface area contributed by atoms with Crippen molar-refractivity contribution in [2.24, 2.45) is 5.92 Å². The van der Waals surface area contributed by atoms with Gasteiger partial charge in [0.25, 0.3) is 5.91 Å². The molecule has 0 radical (unpaired) electrons. The van der Waals surface area contributed by atoms with Gasteiger partial charge >= 0.3 is 5.97 Å². The minimum absolute atomic E-state index is 0.227. The van der Waals surface area contributed by atoms with Crippen LogP contribution >= 0.6 is 15.9 Å². The Kier molecular flexibility index (Phi) is 8.49. The van der Waals surface area contributed by atoms with Crippen LogP contribution in [-0.2, 0) is 17.8 Å². The first-order valence-corrected chi connectivity index (χ1v) is 11.4. The van der Waals surface area contributed by atoms with Crippen molar-refractivity contribution in [2.75, 3.05) is 7.11 Å². The summed E-state index contributed by atoms with van der Waals surface area (Å²) >= 11 is 3.39. The summed E-state index contributed by atoms with van der Waals surface area (Å²) in [7, 11) is 1.57. The zero-order valence-corrected chi connectivity index (χ0v) is 20.1. The molecule has 0 spiro atoms. The van der Waals surface area contributed by atoms with E-state index in [0.29, 0.717) is 35.7 Å². The van der Waals surface area contributed by atoms with Gasteiger partial charge in [-0.15, -0.1) is 0 Å². The van der Waals surface area contributed by atoms with E-state index in [4.69, 9.17) is 9.47 Å². The Morgan fingerprint density at radius 3 is 2.21 bits per heavy atom. The first-order chi connectivity index (χ1) is 15.9. The maximum absolute atomic E-state index is 12.6. The van der Waals surface area contributed by atoms with Crippen LogP contribution in [0.1, 0.15) is 34.8 Å². The standard InChI is InChI=1S/C26H26BrNO5/c1-3-18(26(30)31)14-17-4-13-24(32-2)20(15-17)16-28-25(29)19-5-9-22(10-6-19)33-23-11-7-21(27)8-12-23/h4-13,15,18H,3,14,16H2,1-2H3,(H,28,29)(H,30,31)/t18-/m0/s1. The van der Waals surface area contributed by atoms with E-state index < -0.39 is 11.9 Å². The van der Waals surface area contributed by atoms with Crippen molar-refractivity contribution < 1.29 is 24.2 Å². The van der Waals surface area contributed by atoms with Crippen LogP contribution in [0.3, 0.4) is 0 Å². The number of hydrogen-bond acceptors (Lipinski definition) is 4. The van der Waals surface area contributed by atoms with E-state index in [9.17, 15) is 14.7 Å². The lowest BCUT2D eigenvalue weighted by Gasteiger charge is -2.14. The molecule has 0 bridgehead atoms. The Morgan fingerprint density at radius 2 is 1.64 bits per heavy atom. The Hall–Kier alpha value is -3.32. The molecule has 0 aliphatic rings. The lowest BCUT2D eigenvalue weighted by molar-refractivity contribution is -0.141. The van der Waals surface area contributed by atoms with Gasteiger partial charge in [0.1, 0.15) is 17.2 Å². The molecule has 0 aliphatic carbocycles. The van der Waals surface area contributed by atoms with Gasteiger partial charge in [-0.05, 0) is 73.0 Å². The van der Waals surface area contributed by atoms with Crippen molar-refractivity contribution in [3.63, 3.8) is 0 Å². The van der Waals surface area contributed by atoms with Crippen LogP contribution in [-0.4, -0.2) is 24.1 Å². The van der Waals surface area contributed by atoms with Gasteiger partial charge < -0.3 is 19.9 Å². The molecule has 3 rings (SSSR count). The summed E-state index contributed by atoms with van der Waals surface area (Å²) < 4.78 is 12.2. The number of carbonyl (C=O) groups excluding carboxylic acids is 1. The van der Waals surface area contributed by atoms with Crippen LogP contribution in [0, 0.1) is 5.92 Å². The van der Waals surface area contributed by atoms with Crippen LogP contribution in [0.25, 0.3) is 0 Å². The number of carboxylic acids is 1. The predicted octanol–water partition coefficient (Wildman–Crippen LogP) is 5.83. The third-order valence-electron chi connectivity index (χ3n) is 5.27. The number of aliphatic carboxylic acids is 1. The lowest BCUT2D eigenvalue weighted by atomic mass is 9.95. The highest BCUT2D eigenvalue weighted by molar-refractivity contribution is 9.10. The molecule has 3 aromatic carbocycles. The van der Waals surface area contributed by atoms with Gasteiger partial charge in [-0.1, -0.05) is 35.0 Å². The molecule has 0 fully saturated rings. The molecule has 0 unspecified atom stereocenters. The molecule has 1 atom stereocenters. The number of hydrogen-bond donors (Lipinski definition) is 2. The van der Waals surface area contributed by atoms with Crippen LogP contribution in [0.2, 0.25) is 0 Å². The van der Waals surface area contributed by atoms with Crippen molar-refractivity contribution in [2.45, 2.75) is 26.3 Å². The third kappa shape index (κ3) is 6.83. The molecule has 1 amide bonds. The Labute approximate surface area is 201 Å². The minimum Gasteiger partial charge on any atom is -0.496 e. The number of benzene rings is 3.